The van der Waals surface area contributed by atoms with Crippen LogP contribution in [0.2, 0.25) is 0 Å². The third-order valence-corrected chi connectivity index (χ3v) is 2.00. The quantitative estimate of drug-likeness (QED) is 0.738. The first-order chi connectivity index (χ1) is 9.78. The molecule has 0 aromatic heterocycles. The van der Waals surface area contributed by atoms with Gasteiger partial charge in [0.25, 0.3) is 0 Å². The number of aliphatic hydroxyl groups excluding tert-OH is 1. The Balaban J connectivity index is 0. The van der Waals surface area contributed by atoms with Crippen LogP contribution in [-0.2, 0) is 4.74 Å². The highest BCUT2D eigenvalue weighted by Gasteiger charge is 2.19. The van der Waals surface area contributed by atoms with Crippen molar-refractivity contribution < 1.29 is 14.6 Å². The van der Waals surface area contributed by atoms with Gasteiger partial charge in [-0.15, -0.1) is 0 Å². The molecule has 0 rings (SSSR count). The molecule has 5 nitrogen and oxygen atoms in total. The highest BCUT2D eigenvalue weighted by molar-refractivity contribution is 5.70. The molecule has 0 spiro atoms. The van der Waals surface area contributed by atoms with Crippen LogP contribution in [0.5, 0.6) is 0 Å². The van der Waals surface area contributed by atoms with Crippen LogP contribution >= 0.6 is 0 Å². The van der Waals surface area contributed by atoms with Gasteiger partial charge in [-0.2, -0.15) is 0 Å². The Morgan fingerprint density at radius 1 is 1.43 bits per heavy atom. The van der Waals surface area contributed by atoms with E-state index in [0.717, 1.165) is 5.57 Å². The summed E-state index contributed by atoms with van der Waals surface area (Å²) in [4.78, 5) is 15.5. The van der Waals surface area contributed by atoms with E-state index in [4.69, 9.17) is 4.74 Å². The summed E-state index contributed by atoms with van der Waals surface area (Å²) >= 11 is 0. The van der Waals surface area contributed by atoms with Gasteiger partial charge < -0.3 is 15.2 Å². The van der Waals surface area contributed by atoms with Crippen molar-refractivity contribution in [2.45, 2.75) is 59.6 Å². The number of hydrogen-bond donors (Lipinski definition) is 2. The molecular formula is C16H30N2O3. The van der Waals surface area contributed by atoms with Crippen LogP contribution in [0.1, 0.15) is 48.0 Å². The second-order valence-electron chi connectivity index (χ2n) is 5.24. The summed E-state index contributed by atoms with van der Waals surface area (Å²) < 4.78 is 5.13. The molecule has 0 bridgehead atoms. The van der Waals surface area contributed by atoms with Crippen LogP contribution in [0.3, 0.4) is 0 Å². The average molecular weight is 298 g/mol. The number of carbonyl (C=O) groups excluding carboxylic acids is 1. The summed E-state index contributed by atoms with van der Waals surface area (Å²) in [5.74, 6) is 0. The molecule has 0 aromatic carbocycles. The maximum absolute atomic E-state index is 11.6. The van der Waals surface area contributed by atoms with Gasteiger partial charge >= 0.3 is 6.09 Å². The minimum Gasteiger partial charge on any atom is -0.444 e. The number of alkyl carbamates (subject to hydrolysis) is 1. The zero-order valence-corrected chi connectivity index (χ0v) is 14.1. The first-order valence-electron chi connectivity index (χ1n) is 7.18. The molecule has 0 fully saturated rings. The number of nitrogens with one attached hydrogen (secondary N) is 1. The topological polar surface area (TPSA) is 70.9 Å². The minimum atomic E-state index is -0.552. The minimum absolute atomic E-state index is 0.157. The number of nitrogens with zero attached hydrogens (tertiary/aromatic N) is 1. The fourth-order valence-electron chi connectivity index (χ4n) is 1.31. The van der Waals surface area contributed by atoms with Gasteiger partial charge in [0.15, 0.2) is 0 Å². The van der Waals surface area contributed by atoms with Gasteiger partial charge in [-0.1, -0.05) is 32.1 Å². The van der Waals surface area contributed by atoms with Crippen LogP contribution in [0.15, 0.2) is 29.4 Å². The van der Waals surface area contributed by atoms with Crippen LogP contribution in [-0.4, -0.2) is 35.7 Å². The molecule has 5 heteroatoms. The Labute approximate surface area is 128 Å². The van der Waals surface area contributed by atoms with Crippen molar-refractivity contribution >= 4 is 12.3 Å². The van der Waals surface area contributed by atoms with E-state index in [2.05, 4.69) is 16.9 Å². The lowest BCUT2D eigenvalue weighted by Crippen LogP contribution is -2.41. The van der Waals surface area contributed by atoms with Crippen molar-refractivity contribution in [1.82, 2.24) is 5.32 Å². The van der Waals surface area contributed by atoms with Crippen LogP contribution in [0.4, 0.5) is 4.79 Å². The molecule has 1 unspecified atom stereocenters. The lowest BCUT2D eigenvalue weighted by Gasteiger charge is -2.22. The fourth-order valence-corrected chi connectivity index (χ4v) is 1.31. The molecule has 0 saturated carbocycles. The van der Waals surface area contributed by atoms with Crippen molar-refractivity contribution in [3.05, 3.63) is 24.4 Å². The largest absolute Gasteiger partial charge is 0.444 e. The number of aliphatic hydroxyl groups is 1. The molecule has 0 aromatic rings. The van der Waals surface area contributed by atoms with E-state index in [9.17, 15) is 9.90 Å². The van der Waals surface area contributed by atoms with Gasteiger partial charge in [-0.05, 0) is 34.1 Å². The molecule has 0 aliphatic heterocycles. The summed E-state index contributed by atoms with van der Waals surface area (Å²) in [6, 6.07) is -0.384. The lowest BCUT2D eigenvalue weighted by atomic mass is 10.1. The first kappa shape index (κ1) is 21.7. The number of carbonyl (C=O) groups is 1. The van der Waals surface area contributed by atoms with Gasteiger partial charge in [0.05, 0.1) is 12.6 Å². The van der Waals surface area contributed by atoms with E-state index in [1.54, 1.807) is 39.3 Å². The van der Waals surface area contributed by atoms with Crippen molar-refractivity contribution in [1.29, 1.82) is 0 Å². The van der Waals surface area contributed by atoms with E-state index >= 15 is 0 Å². The second-order valence-corrected chi connectivity index (χ2v) is 5.24. The molecule has 0 saturated heterocycles. The number of rotatable bonds is 6. The fraction of sp³-hybridized carbons (Fsp3) is 0.625. The van der Waals surface area contributed by atoms with Gasteiger partial charge in [-0.3, -0.25) is 4.99 Å². The number of aliphatic imine (C=N–C) groups is 1. The Morgan fingerprint density at radius 2 is 2.00 bits per heavy atom. The molecular weight excluding hydrogens is 268 g/mol. The van der Waals surface area contributed by atoms with Crippen molar-refractivity contribution in [3.63, 3.8) is 0 Å². The molecule has 122 valence electrons. The first-order valence-corrected chi connectivity index (χ1v) is 7.18. The second kappa shape index (κ2) is 12.1. The number of amides is 1. The number of ether oxygens (including phenoxy) is 1. The number of hydrogen-bond acceptors (Lipinski definition) is 4. The summed E-state index contributed by atoms with van der Waals surface area (Å²) in [6.45, 7) is 14.6. The van der Waals surface area contributed by atoms with Gasteiger partial charge in [0.2, 0.25) is 0 Å². The molecule has 0 radical (unpaired) electrons. The molecule has 0 aliphatic carbocycles. The third kappa shape index (κ3) is 14.6. The Kier molecular flexibility index (Phi) is 12.5. The summed E-state index contributed by atoms with van der Waals surface area (Å²) in [7, 11) is 0. The summed E-state index contributed by atoms with van der Waals surface area (Å²) in [6.07, 6.45) is 4.78. The van der Waals surface area contributed by atoms with Crippen molar-refractivity contribution in [2.75, 3.05) is 6.61 Å². The lowest BCUT2D eigenvalue weighted by molar-refractivity contribution is 0.0483. The smallest absolute Gasteiger partial charge is 0.407 e. The molecule has 21 heavy (non-hydrogen) atoms. The molecule has 2 N–H and O–H groups in total. The van der Waals surface area contributed by atoms with Crippen LogP contribution < -0.4 is 5.32 Å². The number of allylic oxidation sites excluding steroid dienone is 1. The van der Waals surface area contributed by atoms with Crippen LogP contribution in [0.25, 0.3) is 0 Å². The molecule has 1 atom stereocenters. The highest BCUT2D eigenvalue weighted by atomic mass is 16.6. The Bertz CT molecular complexity index is 355. The third-order valence-electron chi connectivity index (χ3n) is 2.00. The van der Waals surface area contributed by atoms with E-state index in [-0.39, 0.29) is 12.6 Å². The standard InChI is InChI=1S/C14H24N2O3.C2H6/c1-6-7-15-9-11(2)8-12(10-17)16-13(18)19-14(3,4)5;1-2/h6-7,9,12,17H,1,8,10H2,2-5H3,(H,16,18);1-2H3/b11-9+,15-7?;. The Morgan fingerprint density at radius 3 is 2.43 bits per heavy atom. The maximum Gasteiger partial charge on any atom is 0.407 e. The van der Waals surface area contributed by atoms with E-state index < -0.39 is 11.7 Å². The maximum atomic E-state index is 11.6. The van der Waals surface area contributed by atoms with Crippen molar-refractivity contribution in [2.24, 2.45) is 4.99 Å². The molecule has 0 aliphatic rings. The molecule has 0 heterocycles. The zero-order chi connectivity index (χ0) is 16.9. The summed E-state index contributed by atoms with van der Waals surface area (Å²) in [5.41, 5.74) is 0.386. The normalized spacial score (nSPS) is 13.2. The average Bonchev–Trinajstić information content (AvgIpc) is 2.38. The monoisotopic (exact) mass is 298 g/mol. The van der Waals surface area contributed by atoms with Gasteiger partial charge in [0, 0.05) is 12.4 Å². The zero-order valence-electron chi connectivity index (χ0n) is 14.1. The van der Waals surface area contributed by atoms with Crippen LogP contribution in [0, 0.1) is 0 Å². The van der Waals surface area contributed by atoms with Gasteiger partial charge in [0.1, 0.15) is 5.60 Å². The molecule has 1 amide bonds. The van der Waals surface area contributed by atoms with E-state index in [1.807, 2.05) is 20.8 Å². The predicted octanol–water partition coefficient (Wildman–Crippen LogP) is 3.45. The summed E-state index contributed by atoms with van der Waals surface area (Å²) in [5, 5.41) is 11.9. The highest BCUT2D eigenvalue weighted by Crippen LogP contribution is 2.09. The predicted molar refractivity (Wildman–Crippen MR) is 88.7 cm³/mol. The van der Waals surface area contributed by atoms with Crippen molar-refractivity contribution in [3.8, 4) is 0 Å². The van der Waals surface area contributed by atoms with Gasteiger partial charge in [-0.25, -0.2) is 4.79 Å². The SMILES string of the molecule is C=CC=N/C=C(\C)CC(CO)NC(=O)OC(C)(C)C.CC. The van der Waals surface area contributed by atoms with E-state index in [0.29, 0.717) is 6.42 Å². The Hall–Kier alpha value is -1.62. The van der Waals surface area contributed by atoms with E-state index in [1.165, 1.54) is 0 Å².